The van der Waals surface area contributed by atoms with Gasteiger partial charge in [0.2, 0.25) is 0 Å². The van der Waals surface area contributed by atoms with E-state index < -0.39 is 0 Å². The van der Waals surface area contributed by atoms with Crippen LogP contribution in [0.2, 0.25) is 0 Å². The van der Waals surface area contributed by atoms with Crippen LogP contribution in [-0.4, -0.2) is 23.4 Å². The minimum absolute atomic E-state index is 0.0682. The molecule has 0 aliphatic carbocycles. The molecule has 20 heavy (non-hydrogen) atoms. The van der Waals surface area contributed by atoms with Crippen LogP contribution >= 0.6 is 23.1 Å². The summed E-state index contributed by atoms with van der Waals surface area (Å²) >= 11 is 3.20. The maximum Gasteiger partial charge on any atom is 0.258 e. The SMILES string of the molecule is Cc1scc(C(=O)NC2=NCCS2)c1-c1ccccc1. The van der Waals surface area contributed by atoms with Gasteiger partial charge in [-0.1, -0.05) is 42.1 Å². The Kier molecular flexibility index (Phi) is 3.89. The Hall–Kier alpha value is -1.59. The highest BCUT2D eigenvalue weighted by Gasteiger charge is 2.19. The van der Waals surface area contributed by atoms with Crippen molar-refractivity contribution in [2.45, 2.75) is 6.92 Å². The van der Waals surface area contributed by atoms with E-state index in [4.69, 9.17) is 0 Å². The molecule has 0 saturated heterocycles. The molecule has 3 rings (SSSR count). The maximum atomic E-state index is 12.4. The molecule has 1 aliphatic rings. The third-order valence-electron chi connectivity index (χ3n) is 3.09. The zero-order valence-electron chi connectivity index (χ0n) is 11.1. The second-order valence-corrected chi connectivity index (χ2v) is 6.60. The van der Waals surface area contributed by atoms with E-state index >= 15 is 0 Å². The number of hydrogen-bond acceptors (Lipinski definition) is 4. The average molecular weight is 302 g/mol. The van der Waals surface area contributed by atoms with E-state index in [0.29, 0.717) is 0 Å². The molecule has 0 unspecified atom stereocenters. The van der Waals surface area contributed by atoms with Gasteiger partial charge in [0.1, 0.15) is 0 Å². The van der Waals surface area contributed by atoms with E-state index in [2.05, 4.69) is 10.3 Å². The molecule has 1 aromatic heterocycles. The molecule has 2 aromatic rings. The highest BCUT2D eigenvalue weighted by Crippen LogP contribution is 2.32. The third-order valence-corrected chi connectivity index (χ3v) is 4.89. The second-order valence-electron chi connectivity index (χ2n) is 4.44. The van der Waals surface area contributed by atoms with Crippen molar-refractivity contribution in [2.75, 3.05) is 12.3 Å². The monoisotopic (exact) mass is 302 g/mol. The van der Waals surface area contributed by atoms with Crippen LogP contribution in [0.4, 0.5) is 0 Å². The number of rotatable bonds is 2. The van der Waals surface area contributed by atoms with Crippen molar-refractivity contribution in [3.63, 3.8) is 0 Å². The number of amidine groups is 1. The standard InChI is InChI=1S/C15H14N2OS2/c1-10-13(11-5-3-2-4-6-11)12(9-20-10)14(18)17-15-16-7-8-19-15/h2-6,9H,7-8H2,1H3,(H,16,17,18). The number of nitrogens with one attached hydrogen (secondary N) is 1. The smallest absolute Gasteiger partial charge is 0.258 e. The topological polar surface area (TPSA) is 41.5 Å². The number of aryl methyl sites for hydroxylation is 1. The molecule has 1 amide bonds. The van der Waals surface area contributed by atoms with Gasteiger partial charge in [0.25, 0.3) is 5.91 Å². The molecule has 1 aliphatic heterocycles. The van der Waals surface area contributed by atoms with Crippen LogP contribution in [0.1, 0.15) is 15.2 Å². The molecule has 0 spiro atoms. The minimum atomic E-state index is -0.0682. The van der Waals surface area contributed by atoms with E-state index in [9.17, 15) is 4.79 Å². The Morgan fingerprint density at radius 2 is 2.10 bits per heavy atom. The summed E-state index contributed by atoms with van der Waals surface area (Å²) < 4.78 is 0. The number of aliphatic imine (C=N–C) groups is 1. The van der Waals surface area contributed by atoms with Gasteiger partial charge in [-0.05, 0) is 12.5 Å². The van der Waals surface area contributed by atoms with Crippen molar-refractivity contribution in [1.82, 2.24) is 5.32 Å². The molecule has 1 N–H and O–H groups in total. The molecule has 5 heteroatoms. The highest BCUT2D eigenvalue weighted by atomic mass is 32.2. The van der Waals surface area contributed by atoms with Crippen molar-refractivity contribution >= 4 is 34.2 Å². The first-order valence-electron chi connectivity index (χ1n) is 6.38. The van der Waals surface area contributed by atoms with E-state index in [-0.39, 0.29) is 5.91 Å². The first-order chi connectivity index (χ1) is 9.75. The quantitative estimate of drug-likeness (QED) is 0.921. The lowest BCUT2D eigenvalue weighted by molar-refractivity contribution is 0.0979. The van der Waals surface area contributed by atoms with Crippen LogP contribution in [0, 0.1) is 6.92 Å². The van der Waals surface area contributed by atoms with Gasteiger partial charge in [-0.3, -0.25) is 9.79 Å². The summed E-state index contributed by atoms with van der Waals surface area (Å²) in [6.45, 7) is 2.83. The molecule has 0 saturated carbocycles. The Morgan fingerprint density at radius 3 is 2.80 bits per heavy atom. The van der Waals surface area contributed by atoms with Crippen molar-refractivity contribution < 1.29 is 4.79 Å². The fourth-order valence-corrected chi connectivity index (χ4v) is 3.75. The summed E-state index contributed by atoms with van der Waals surface area (Å²) in [5.41, 5.74) is 2.84. The molecular weight excluding hydrogens is 288 g/mol. The molecule has 0 bridgehead atoms. The fraction of sp³-hybridized carbons (Fsp3) is 0.200. The zero-order valence-corrected chi connectivity index (χ0v) is 12.7. The van der Waals surface area contributed by atoms with Crippen molar-refractivity contribution in [3.8, 4) is 11.1 Å². The lowest BCUT2D eigenvalue weighted by Gasteiger charge is -2.07. The van der Waals surface area contributed by atoms with Crippen LogP contribution in [0.25, 0.3) is 11.1 Å². The first kappa shape index (κ1) is 13.4. The summed E-state index contributed by atoms with van der Waals surface area (Å²) in [6, 6.07) is 10.0. The first-order valence-corrected chi connectivity index (χ1v) is 8.24. The van der Waals surface area contributed by atoms with E-state index in [1.165, 1.54) is 0 Å². The predicted molar refractivity (Wildman–Crippen MR) is 86.7 cm³/mol. The summed E-state index contributed by atoms with van der Waals surface area (Å²) in [5.74, 6) is 0.880. The van der Waals surface area contributed by atoms with Crippen LogP contribution in [0.3, 0.4) is 0 Å². The normalized spacial score (nSPS) is 14.2. The number of carbonyl (C=O) groups excluding carboxylic acids is 1. The van der Waals surface area contributed by atoms with Crippen molar-refractivity contribution in [3.05, 3.63) is 46.2 Å². The molecule has 1 aromatic carbocycles. The maximum absolute atomic E-state index is 12.4. The minimum Gasteiger partial charge on any atom is -0.301 e. The van der Waals surface area contributed by atoms with Gasteiger partial charge < -0.3 is 5.32 Å². The Labute approximate surface area is 126 Å². The molecular formula is C15H14N2OS2. The van der Waals surface area contributed by atoms with E-state index in [0.717, 1.165) is 39.0 Å². The molecule has 3 nitrogen and oxygen atoms in total. The second kappa shape index (κ2) is 5.81. The van der Waals surface area contributed by atoms with Gasteiger partial charge in [0, 0.05) is 21.6 Å². The van der Waals surface area contributed by atoms with Crippen molar-refractivity contribution in [1.29, 1.82) is 0 Å². The molecule has 0 fully saturated rings. The lowest BCUT2D eigenvalue weighted by Crippen LogP contribution is -2.27. The molecule has 0 radical (unpaired) electrons. The Balaban J connectivity index is 1.92. The van der Waals surface area contributed by atoms with Gasteiger partial charge in [-0.25, -0.2) is 0 Å². The molecule has 0 atom stereocenters. The van der Waals surface area contributed by atoms with Crippen LogP contribution in [-0.2, 0) is 0 Å². The highest BCUT2D eigenvalue weighted by molar-refractivity contribution is 8.14. The van der Waals surface area contributed by atoms with Gasteiger partial charge in [0.15, 0.2) is 5.17 Å². The lowest BCUT2D eigenvalue weighted by atomic mass is 10.0. The predicted octanol–water partition coefficient (Wildman–Crippen LogP) is 3.56. The summed E-state index contributed by atoms with van der Waals surface area (Å²) in [5, 5.41) is 5.56. The number of nitrogens with zero attached hydrogens (tertiary/aromatic N) is 1. The van der Waals surface area contributed by atoms with Gasteiger partial charge in [-0.15, -0.1) is 11.3 Å². The number of amides is 1. The van der Waals surface area contributed by atoms with Crippen LogP contribution in [0.5, 0.6) is 0 Å². The van der Waals surface area contributed by atoms with Crippen molar-refractivity contribution in [2.24, 2.45) is 4.99 Å². The molecule has 2 heterocycles. The number of thioether (sulfide) groups is 1. The largest absolute Gasteiger partial charge is 0.301 e. The van der Waals surface area contributed by atoms with Crippen LogP contribution < -0.4 is 5.32 Å². The number of hydrogen-bond donors (Lipinski definition) is 1. The van der Waals surface area contributed by atoms with Gasteiger partial charge >= 0.3 is 0 Å². The molecule has 102 valence electrons. The van der Waals surface area contributed by atoms with Crippen LogP contribution in [0.15, 0.2) is 40.7 Å². The van der Waals surface area contributed by atoms with Gasteiger partial charge in [-0.2, -0.15) is 0 Å². The Bertz CT molecular complexity index is 662. The fourth-order valence-electron chi connectivity index (χ4n) is 2.16. The van der Waals surface area contributed by atoms with E-state index in [1.54, 1.807) is 23.1 Å². The van der Waals surface area contributed by atoms with Gasteiger partial charge in [0.05, 0.1) is 12.1 Å². The Morgan fingerprint density at radius 1 is 1.30 bits per heavy atom. The zero-order chi connectivity index (χ0) is 13.9. The number of carbonyl (C=O) groups is 1. The average Bonchev–Trinajstić information content (AvgIpc) is 3.09. The summed E-state index contributed by atoms with van der Waals surface area (Å²) in [7, 11) is 0. The number of thiophene rings is 1. The number of benzene rings is 1. The summed E-state index contributed by atoms with van der Waals surface area (Å²) in [6.07, 6.45) is 0. The third kappa shape index (κ3) is 2.64. The summed E-state index contributed by atoms with van der Waals surface area (Å²) in [4.78, 5) is 17.8. The van der Waals surface area contributed by atoms with E-state index in [1.807, 2.05) is 42.6 Å².